The van der Waals surface area contributed by atoms with Gasteiger partial charge < -0.3 is 25.2 Å². The highest BCUT2D eigenvalue weighted by molar-refractivity contribution is 5.91. The number of carbonyl (C=O) groups is 2. The summed E-state index contributed by atoms with van der Waals surface area (Å²) in [5.74, 6) is 0.553. The maximum Gasteiger partial charge on any atom is 0.322 e. The normalized spacial score (nSPS) is 13.8. The largest absolute Gasteiger partial charge is 0.495 e. The van der Waals surface area contributed by atoms with Gasteiger partial charge in [0.25, 0.3) is 0 Å². The van der Waals surface area contributed by atoms with Crippen LogP contribution in [0.15, 0.2) is 42.5 Å². The summed E-state index contributed by atoms with van der Waals surface area (Å²) in [7, 11) is 1.59. The maximum absolute atomic E-state index is 12.7. The van der Waals surface area contributed by atoms with E-state index in [0.29, 0.717) is 24.5 Å². The van der Waals surface area contributed by atoms with Gasteiger partial charge in [0.05, 0.1) is 12.8 Å². The fourth-order valence-corrected chi connectivity index (χ4v) is 3.27. The van der Waals surface area contributed by atoms with Crippen LogP contribution in [0.1, 0.15) is 12.5 Å². The molecule has 2 N–H and O–H groups in total. The molecule has 2 aromatic rings. The third-order valence-electron chi connectivity index (χ3n) is 4.70. The van der Waals surface area contributed by atoms with Crippen LogP contribution in [-0.2, 0) is 4.79 Å². The molecule has 0 atom stereocenters. The molecule has 148 valence electrons. The van der Waals surface area contributed by atoms with Gasteiger partial charge in [0, 0.05) is 44.5 Å². The number of methoxy groups -OCH3 is 1. The highest BCUT2D eigenvalue weighted by atomic mass is 16.5. The zero-order chi connectivity index (χ0) is 20.1. The minimum Gasteiger partial charge on any atom is -0.495 e. The molecule has 0 radical (unpaired) electrons. The van der Waals surface area contributed by atoms with Crippen LogP contribution in [0.5, 0.6) is 5.75 Å². The number of urea groups is 1. The number of rotatable bonds is 4. The summed E-state index contributed by atoms with van der Waals surface area (Å²) < 4.78 is 5.33. The molecule has 0 unspecified atom stereocenters. The molecule has 1 fully saturated rings. The molecule has 0 aliphatic carbocycles. The molecule has 3 amide bonds. The summed E-state index contributed by atoms with van der Waals surface area (Å²) >= 11 is 0. The molecule has 1 aliphatic rings. The summed E-state index contributed by atoms with van der Waals surface area (Å²) in [5, 5.41) is 5.76. The van der Waals surface area contributed by atoms with Gasteiger partial charge in [0.1, 0.15) is 5.75 Å². The number of amides is 3. The highest BCUT2D eigenvalue weighted by Crippen LogP contribution is 2.26. The number of anilines is 3. The van der Waals surface area contributed by atoms with E-state index in [1.807, 2.05) is 49.4 Å². The first-order valence-electron chi connectivity index (χ1n) is 9.29. The second-order valence-electron chi connectivity index (χ2n) is 6.84. The Morgan fingerprint density at radius 1 is 1.00 bits per heavy atom. The fraction of sp³-hybridized carbons (Fsp3) is 0.333. The van der Waals surface area contributed by atoms with E-state index in [1.165, 1.54) is 6.92 Å². The van der Waals surface area contributed by atoms with Crippen LogP contribution < -0.4 is 20.3 Å². The van der Waals surface area contributed by atoms with Crippen molar-refractivity contribution in [1.29, 1.82) is 0 Å². The van der Waals surface area contributed by atoms with E-state index in [1.54, 1.807) is 12.0 Å². The zero-order valence-corrected chi connectivity index (χ0v) is 16.5. The van der Waals surface area contributed by atoms with Crippen molar-refractivity contribution >= 4 is 29.0 Å². The monoisotopic (exact) mass is 382 g/mol. The molecule has 28 heavy (non-hydrogen) atoms. The number of hydrogen-bond acceptors (Lipinski definition) is 4. The van der Waals surface area contributed by atoms with Crippen molar-refractivity contribution in [3.8, 4) is 5.75 Å². The Labute approximate surface area is 165 Å². The number of benzene rings is 2. The average molecular weight is 382 g/mol. The smallest absolute Gasteiger partial charge is 0.322 e. The molecular weight excluding hydrogens is 356 g/mol. The van der Waals surface area contributed by atoms with Gasteiger partial charge >= 0.3 is 6.03 Å². The number of aryl methyl sites for hydroxylation is 1. The van der Waals surface area contributed by atoms with E-state index >= 15 is 0 Å². The van der Waals surface area contributed by atoms with Crippen LogP contribution in [0.25, 0.3) is 0 Å². The topological polar surface area (TPSA) is 73.9 Å². The summed E-state index contributed by atoms with van der Waals surface area (Å²) in [6, 6.07) is 13.3. The molecule has 3 rings (SSSR count). The van der Waals surface area contributed by atoms with E-state index < -0.39 is 0 Å². The lowest BCUT2D eigenvalue weighted by Crippen LogP contribution is -2.50. The molecule has 1 aliphatic heterocycles. The Bertz CT molecular complexity index is 860. The Hall–Kier alpha value is -3.22. The van der Waals surface area contributed by atoms with Crippen molar-refractivity contribution in [3.63, 3.8) is 0 Å². The van der Waals surface area contributed by atoms with Crippen LogP contribution >= 0.6 is 0 Å². The van der Waals surface area contributed by atoms with Crippen molar-refractivity contribution in [2.45, 2.75) is 13.8 Å². The first kappa shape index (κ1) is 19.5. The van der Waals surface area contributed by atoms with E-state index in [0.717, 1.165) is 30.0 Å². The summed E-state index contributed by atoms with van der Waals surface area (Å²) in [6.45, 7) is 6.15. The third kappa shape index (κ3) is 4.73. The molecule has 1 heterocycles. The number of carbonyl (C=O) groups excluding carboxylic acids is 2. The van der Waals surface area contributed by atoms with E-state index in [9.17, 15) is 9.59 Å². The summed E-state index contributed by atoms with van der Waals surface area (Å²) in [6.07, 6.45) is 0. The summed E-state index contributed by atoms with van der Waals surface area (Å²) in [4.78, 5) is 27.9. The first-order valence-corrected chi connectivity index (χ1v) is 9.29. The van der Waals surface area contributed by atoms with Gasteiger partial charge in [-0.1, -0.05) is 12.1 Å². The van der Waals surface area contributed by atoms with Crippen LogP contribution in [0.3, 0.4) is 0 Å². The van der Waals surface area contributed by atoms with Crippen LogP contribution in [-0.4, -0.2) is 50.1 Å². The maximum atomic E-state index is 12.7. The predicted molar refractivity (Wildman–Crippen MR) is 111 cm³/mol. The quantitative estimate of drug-likeness (QED) is 0.851. The van der Waals surface area contributed by atoms with Crippen molar-refractivity contribution in [1.82, 2.24) is 4.90 Å². The summed E-state index contributed by atoms with van der Waals surface area (Å²) in [5.41, 5.74) is 3.54. The van der Waals surface area contributed by atoms with Gasteiger partial charge in [-0.05, 0) is 42.8 Å². The molecule has 7 nitrogen and oxygen atoms in total. The number of ether oxygens (including phenoxy) is 1. The molecule has 2 aromatic carbocycles. The van der Waals surface area contributed by atoms with Gasteiger partial charge in [-0.15, -0.1) is 0 Å². The van der Waals surface area contributed by atoms with Crippen LogP contribution in [0, 0.1) is 6.92 Å². The SMILES string of the molecule is COc1ccc(C)cc1NC(=O)N1CCN(c2cccc(NC(C)=O)c2)CC1. The van der Waals surface area contributed by atoms with Crippen LogP contribution in [0.4, 0.5) is 21.9 Å². The Kier molecular flexibility index (Phi) is 6.03. The van der Waals surface area contributed by atoms with E-state index in [2.05, 4.69) is 15.5 Å². The standard InChI is InChI=1S/C21H26N4O3/c1-15-7-8-20(28-3)19(13-15)23-21(27)25-11-9-24(10-12-25)18-6-4-5-17(14-18)22-16(2)26/h4-8,13-14H,9-12H2,1-3H3,(H,22,26)(H,23,27). The lowest BCUT2D eigenvalue weighted by atomic mass is 10.2. The minimum absolute atomic E-state index is 0.0924. The number of piperazine rings is 1. The van der Waals surface area contributed by atoms with Crippen molar-refractivity contribution in [2.24, 2.45) is 0 Å². The van der Waals surface area contributed by atoms with E-state index in [4.69, 9.17) is 4.74 Å². The fourth-order valence-electron chi connectivity index (χ4n) is 3.27. The number of nitrogens with zero attached hydrogens (tertiary/aromatic N) is 2. The molecule has 0 bridgehead atoms. The average Bonchev–Trinajstić information content (AvgIpc) is 2.68. The molecule has 7 heteroatoms. The second kappa shape index (κ2) is 8.65. The Morgan fingerprint density at radius 2 is 1.75 bits per heavy atom. The van der Waals surface area contributed by atoms with E-state index in [-0.39, 0.29) is 11.9 Å². The van der Waals surface area contributed by atoms with Gasteiger partial charge in [0.2, 0.25) is 5.91 Å². The molecule has 0 saturated carbocycles. The van der Waals surface area contributed by atoms with Gasteiger partial charge in [0.15, 0.2) is 0 Å². The zero-order valence-electron chi connectivity index (χ0n) is 16.5. The van der Waals surface area contributed by atoms with Crippen molar-refractivity contribution < 1.29 is 14.3 Å². The minimum atomic E-state index is -0.129. The van der Waals surface area contributed by atoms with Gasteiger partial charge in [-0.25, -0.2) is 4.79 Å². The van der Waals surface area contributed by atoms with Crippen molar-refractivity contribution in [2.75, 3.05) is 48.8 Å². The Morgan fingerprint density at radius 3 is 2.43 bits per heavy atom. The van der Waals surface area contributed by atoms with Crippen molar-refractivity contribution in [3.05, 3.63) is 48.0 Å². The number of hydrogen-bond donors (Lipinski definition) is 2. The predicted octanol–water partition coefficient (Wildman–Crippen LogP) is 3.32. The van der Waals surface area contributed by atoms with Gasteiger partial charge in [-0.3, -0.25) is 4.79 Å². The first-order chi connectivity index (χ1) is 13.5. The molecule has 0 spiro atoms. The lowest BCUT2D eigenvalue weighted by molar-refractivity contribution is -0.114. The Balaban J connectivity index is 1.60. The molecule has 1 saturated heterocycles. The third-order valence-corrected chi connectivity index (χ3v) is 4.70. The highest BCUT2D eigenvalue weighted by Gasteiger charge is 2.22. The lowest BCUT2D eigenvalue weighted by Gasteiger charge is -2.36. The number of nitrogens with one attached hydrogen (secondary N) is 2. The second-order valence-corrected chi connectivity index (χ2v) is 6.84. The van der Waals surface area contributed by atoms with Gasteiger partial charge in [-0.2, -0.15) is 0 Å². The molecular formula is C21H26N4O3. The van der Waals surface area contributed by atoms with Crippen LogP contribution in [0.2, 0.25) is 0 Å². The molecule has 0 aromatic heterocycles.